The highest BCUT2D eigenvalue weighted by Gasteiger charge is 2.10. The second kappa shape index (κ2) is 4.74. The van der Waals surface area contributed by atoms with E-state index in [9.17, 15) is 0 Å². The van der Waals surface area contributed by atoms with Crippen LogP contribution in [0.1, 0.15) is 5.56 Å². The summed E-state index contributed by atoms with van der Waals surface area (Å²) in [5, 5.41) is 0. The molecule has 0 aliphatic rings. The number of nitrogens with two attached hydrogens (primary N) is 2. The summed E-state index contributed by atoms with van der Waals surface area (Å²) in [6.45, 7) is 2.04. The summed E-state index contributed by atoms with van der Waals surface area (Å²) in [4.78, 5) is 12.3. The van der Waals surface area contributed by atoms with Gasteiger partial charge in [0.25, 0.3) is 0 Å². The molecule has 7 heteroatoms. The summed E-state index contributed by atoms with van der Waals surface area (Å²) >= 11 is 0. The van der Waals surface area contributed by atoms with E-state index in [0.29, 0.717) is 17.0 Å². The molecule has 0 atom stereocenters. The highest BCUT2D eigenvalue weighted by molar-refractivity contribution is 5.85. The largest absolute Gasteiger partial charge is 0.382 e. The molecule has 6 nitrogen and oxygen atoms in total. The molecule has 4 N–H and O–H groups in total. The Balaban J connectivity index is 0.00000133. The predicted octanol–water partition coefficient (Wildman–Crippen LogP) is 1.71. The maximum atomic E-state index is 5.77. The van der Waals surface area contributed by atoms with E-state index in [2.05, 4.69) is 15.0 Å². The van der Waals surface area contributed by atoms with Gasteiger partial charge < -0.3 is 11.5 Å². The number of rotatable bonds is 1. The molecule has 3 aromatic rings. The Hall–Kier alpha value is -2.34. The van der Waals surface area contributed by atoms with E-state index in [1.807, 2.05) is 35.8 Å². The van der Waals surface area contributed by atoms with E-state index in [1.165, 1.54) is 5.56 Å². The second-order valence-electron chi connectivity index (χ2n) is 4.09. The van der Waals surface area contributed by atoms with E-state index in [0.717, 1.165) is 5.69 Å². The van der Waals surface area contributed by atoms with Crippen molar-refractivity contribution in [3.05, 3.63) is 36.2 Å². The number of halogens is 1. The minimum Gasteiger partial charge on any atom is -0.382 e. The van der Waals surface area contributed by atoms with E-state index < -0.39 is 0 Å². The van der Waals surface area contributed by atoms with Gasteiger partial charge in [0.2, 0.25) is 5.95 Å². The van der Waals surface area contributed by atoms with Gasteiger partial charge in [0.05, 0.1) is 0 Å². The first-order valence-electron chi connectivity index (χ1n) is 5.48. The van der Waals surface area contributed by atoms with Gasteiger partial charge in [0.1, 0.15) is 6.33 Å². The number of hydrogen-bond acceptors (Lipinski definition) is 5. The fourth-order valence-electron chi connectivity index (χ4n) is 1.83. The number of nitrogen functional groups attached to an aromatic ring is 2. The zero-order valence-electron chi connectivity index (χ0n) is 10.2. The summed E-state index contributed by atoms with van der Waals surface area (Å²) in [7, 11) is 0. The molecule has 0 spiro atoms. The lowest BCUT2D eigenvalue weighted by Crippen LogP contribution is -2.02. The smallest absolute Gasteiger partial charge is 0.224 e. The quantitative estimate of drug-likeness (QED) is 0.705. The van der Waals surface area contributed by atoms with E-state index in [4.69, 9.17) is 11.5 Å². The molecule has 2 aromatic heterocycles. The van der Waals surface area contributed by atoms with Gasteiger partial charge in [-0.25, -0.2) is 4.98 Å². The third kappa shape index (κ3) is 2.17. The zero-order valence-corrected chi connectivity index (χ0v) is 11.1. The molecule has 0 saturated heterocycles. The van der Waals surface area contributed by atoms with Crippen molar-refractivity contribution in [1.82, 2.24) is 19.5 Å². The molecule has 0 radical (unpaired) electrons. The summed E-state index contributed by atoms with van der Waals surface area (Å²) in [5.74, 6) is 0.442. The third-order valence-corrected chi connectivity index (χ3v) is 2.75. The standard InChI is InChI=1S/C12H12N6.ClH/c1-7-2-4-8(5-3-7)18-6-15-9-10(13)16-12(14)17-11(9)18;/h2-6H,1H3,(H4,13,14,16,17);1H. The van der Waals surface area contributed by atoms with Crippen LogP contribution in [-0.2, 0) is 0 Å². The van der Waals surface area contributed by atoms with Crippen molar-refractivity contribution in [2.24, 2.45) is 0 Å². The van der Waals surface area contributed by atoms with Gasteiger partial charge in [0, 0.05) is 5.69 Å². The lowest BCUT2D eigenvalue weighted by atomic mass is 10.2. The number of benzene rings is 1. The van der Waals surface area contributed by atoms with Gasteiger partial charge in [-0.3, -0.25) is 4.57 Å². The summed E-state index contributed by atoms with van der Waals surface area (Å²) < 4.78 is 1.84. The van der Waals surface area contributed by atoms with E-state index in [1.54, 1.807) is 6.33 Å². The number of aromatic nitrogens is 4. The highest BCUT2D eigenvalue weighted by atomic mass is 35.5. The van der Waals surface area contributed by atoms with Crippen molar-refractivity contribution in [2.75, 3.05) is 11.5 Å². The van der Waals surface area contributed by atoms with Crippen LogP contribution in [-0.4, -0.2) is 19.5 Å². The molecule has 0 aliphatic heterocycles. The molecule has 0 fully saturated rings. The molecule has 0 unspecified atom stereocenters. The monoisotopic (exact) mass is 276 g/mol. The van der Waals surface area contributed by atoms with Crippen LogP contribution in [0.25, 0.3) is 16.9 Å². The molecule has 0 bridgehead atoms. The van der Waals surface area contributed by atoms with Crippen LogP contribution in [0.15, 0.2) is 30.6 Å². The van der Waals surface area contributed by atoms with Crippen molar-refractivity contribution in [3.8, 4) is 5.69 Å². The first-order valence-corrected chi connectivity index (χ1v) is 5.48. The zero-order chi connectivity index (χ0) is 12.7. The lowest BCUT2D eigenvalue weighted by molar-refractivity contribution is 1.06. The molecule has 3 rings (SSSR count). The molecular formula is C12H13ClN6. The Kier molecular flexibility index (Phi) is 3.26. The molecule has 0 saturated carbocycles. The first kappa shape index (κ1) is 13.1. The third-order valence-electron chi connectivity index (χ3n) is 2.75. The van der Waals surface area contributed by atoms with Gasteiger partial charge in [0.15, 0.2) is 17.0 Å². The van der Waals surface area contributed by atoms with Crippen LogP contribution < -0.4 is 11.5 Å². The average Bonchev–Trinajstić information content (AvgIpc) is 2.74. The number of imidazole rings is 1. The number of nitrogens with zero attached hydrogens (tertiary/aromatic N) is 4. The fourth-order valence-corrected chi connectivity index (χ4v) is 1.83. The maximum Gasteiger partial charge on any atom is 0.224 e. The SMILES string of the molecule is Cc1ccc(-n2cnc3c(N)nc(N)nc32)cc1.Cl. The number of anilines is 2. The maximum absolute atomic E-state index is 5.77. The normalized spacial score (nSPS) is 10.4. The summed E-state index contributed by atoms with van der Waals surface area (Å²) in [6.07, 6.45) is 1.67. The van der Waals surface area contributed by atoms with Gasteiger partial charge in [-0.1, -0.05) is 17.7 Å². The van der Waals surface area contributed by atoms with Crippen LogP contribution in [0, 0.1) is 6.92 Å². The van der Waals surface area contributed by atoms with Crippen LogP contribution >= 0.6 is 12.4 Å². The van der Waals surface area contributed by atoms with Crippen LogP contribution in [0.4, 0.5) is 11.8 Å². The van der Waals surface area contributed by atoms with E-state index in [-0.39, 0.29) is 18.4 Å². The summed E-state index contributed by atoms with van der Waals surface area (Å²) in [5.41, 5.74) is 14.7. The number of fused-ring (bicyclic) bond motifs is 1. The molecular weight excluding hydrogens is 264 g/mol. The van der Waals surface area contributed by atoms with Crippen LogP contribution in [0.2, 0.25) is 0 Å². The number of hydrogen-bond donors (Lipinski definition) is 2. The lowest BCUT2D eigenvalue weighted by Gasteiger charge is -2.04. The van der Waals surface area contributed by atoms with Crippen LogP contribution in [0.5, 0.6) is 0 Å². The first-order chi connectivity index (χ1) is 8.65. The predicted molar refractivity (Wildman–Crippen MR) is 77.5 cm³/mol. The van der Waals surface area contributed by atoms with E-state index >= 15 is 0 Å². The van der Waals surface area contributed by atoms with Gasteiger partial charge >= 0.3 is 0 Å². The van der Waals surface area contributed by atoms with Crippen molar-refractivity contribution < 1.29 is 0 Å². The van der Waals surface area contributed by atoms with Gasteiger partial charge in [-0.05, 0) is 19.1 Å². The Labute approximate surface area is 115 Å². The molecule has 2 heterocycles. The van der Waals surface area contributed by atoms with Crippen molar-refractivity contribution in [1.29, 1.82) is 0 Å². The Morgan fingerprint density at radius 3 is 2.42 bits per heavy atom. The molecule has 19 heavy (non-hydrogen) atoms. The molecule has 1 aromatic carbocycles. The molecule has 0 aliphatic carbocycles. The van der Waals surface area contributed by atoms with Gasteiger partial charge in [-0.15, -0.1) is 12.4 Å². The van der Waals surface area contributed by atoms with Crippen molar-refractivity contribution in [2.45, 2.75) is 6.92 Å². The Morgan fingerprint density at radius 2 is 1.74 bits per heavy atom. The topological polar surface area (TPSA) is 95.6 Å². The Morgan fingerprint density at radius 1 is 1.05 bits per heavy atom. The summed E-state index contributed by atoms with van der Waals surface area (Å²) in [6, 6.07) is 8.03. The minimum atomic E-state index is 0. The van der Waals surface area contributed by atoms with Gasteiger partial charge in [-0.2, -0.15) is 9.97 Å². The van der Waals surface area contributed by atoms with Crippen LogP contribution in [0.3, 0.4) is 0 Å². The highest BCUT2D eigenvalue weighted by Crippen LogP contribution is 2.20. The fraction of sp³-hybridized carbons (Fsp3) is 0.0833. The van der Waals surface area contributed by atoms with Crippen molar-refractivity contribution in [3.63, 3.8) is 0 Å². The minimum absolute atomic E-state index is 0. The Bertz CT molecular complexity index is 719. The molecule has 0 amide bonds. The van der Waals surface area contributed by atoms with Crippen molar-refractivity contribution >= 4 is 35.3 Å². The molecule has 98 valence electrons. The average molecular weight is 277 g/mol. The second-order valence-corrected chi connectivity index (χ2v) is 4.09. The number of aryl methyl sites for hydroxylation is 1.